The number of rotatable bonds is 2. The van der Waals surface area contributed by atoms with Crippen LogP contribution in [0.3, 0.4) is 0 Å². The minimum Gasteiger partial charge on any atom is -0.457 e. The van der Waals surface area contributed by atoms with Gasteiger partial charge in [-0.15, -0.1) is 5.10 Å². The van der Waals surface area contributed by atoms with Crippen LogP contribution >= 0.6 is 0 Å². The monoisotopic (exact) mass is 494 g/mol. The van der Waals surface area contributed by atoms with Gasteiger partial charge < -0.3 is 9.47 Å². The number of hydrogen-bond donors (Lipinski definition) is 1. The van der Waals surface area contributed by atoms with Crippen molar-refractivity contribution in [3.05, 3.63) is 148 Å². The Morgan fingerprint density at radius 1 is 0.816 bits per heavy atom. The summed E-state index contributed by atoms with van der Waals surface area (Å²) < 4.78 is 12.9. The Labute approximate surface area is 221 Å². The molecule has 1 spiro atoms. The number of nitrogens with zero attached hydrogens (tertiary/aromatic N) is 1. The molecule has 0 amide bonds. The second-order valence-electron chi connectivity index (χ2n) is 10.5. The van der Waals surface area contributed by atoms with Crippen molar-refractivity contribution in [1.82, 2.24) is 5.43 Å². The Hall–Kier alpha value is -4.57. The third-order valence-electron chi connectivity index (χ3n) is 8.27. The summed E-state index contributed by atoms with van der Waals surface area (Å²) in [5.74, 6) is 2.84. The average molecular weight is 495 g/mol. The zero-order chi connectivity index (χ0) is 25.3. The quantitative estimate of drug-likeness (QED) is 0.314. The smallest absolute Gasteiger partial charge is 0.240 e. The number of ether oxygens (including phenoxy) is 2. The maximum absolute atomic E-state index is 6.56. The van der Waals surface area contributed by atoms with Crippen molar-refractivity contribution in [2.45, 2.75) is 25.0 Å². The first kappa shape index (κ1) is 21.5. The first-order valence-electron chi connectivity index (χ1n) is 13.2. The molecule has 4 aromatic carbocycles. The Kier molecular flexibility index (Phi) is 4.51. The highest BCUT2D eigenvalue weighted by Crippen LogP contribution is 2.63. The lowest BCUT2D eigenvalue weighted by Crippen LogP contribution is -2.34. The van der Waals surface area contributed by atoms with E-state index in [2.05, 4.69) is 90.3 Å². The largest absolute Gasteiger partial charge is 0.457 e. The fraction of sp³-hybridized carbons (Fsp3) is 0.147. The van der Waals surface area contributed by atoms with Crippen LogP contribution in [0.15, 0.2) is 120 Å². The molecule has 2 unspecified atom stereocenters. The number of allylic oxidation sites excluding steroid dienone is 4. The van der Waals surface area contributed by atoms with Crippen LogP contribution in [0.5, 0.6) is 11.5 Å². The van der Waals surface area contributed by atoms with Crippen LogP contribution in [-0.4, -0.2) is 5.90 Å². The molecule has 4 aliphatic rings. The average Bonchev–Trinajstić information content (AvgIpc) is 3.56. The molecule has 0 saturated carbocycles. The SMILES string of the molecule is CC1C=CC2=C(C1)C1(c3ccccc3Oc3ccc(C4=NN[C@@H](c5ccccc5)O4)cc31)c1ccccc12. The van der Waals surface area contributed by atoms with Crippen molar-refractivity contribution in [3.8, 4) is 11.5 Å². The number of hydrogen-bond acceptors (Lipinski definition) is 4. The molecule has 4 aromatic rings. The summed E-state index contributed by atoms with van der Waals surface area (Å²) in [6.07, 6.45) is 5.36. The van der Waals surface area contributed by atoms with Gasteiger partial charge >= 0.3 is 0 Å². The molecule has 2 heterocycles. The van der Waals surface area contributed by atoms with Gasteiger partial charge in [-0.05, 0) is 58.9 Å². The van der Waals surface area contributed by atoms with E-state index in [4.69, 9.17) is 9.47 Å². The minimum absolute atomic E-state index is 0.306. The number of hydrazone groups is 1. The molecule has 0 saturated heterocycles. The first-order chi connectivity index (χ1) is 18.7. The maximum atomic E-state index is 6.56. The minimum atomic E-state index is -0.434. The Bertz CT molecular complexity index is 1700. The Morgan fingerprint density at radius 3 is 2.47 bits per heavy atom. The van der Waals surface area contributed by atoms with Crippen molar-refractivity contribution in [2.24, 2.45) is 11.0 Å². The van der Waals surface area contributed by atoms with Gasteiger partial charge in [-0.2, -0.15) is 0 Å². The van der Waals surface area contributed by atoms with Crippen LogP contribution in [0.1, 0.15) is 53.0 Å². The summed E-state index contributed by atoms with van der Waals surface area (Å²) in [6, 6.07) is 33.8. The van der Waals surface area contributed by atoms with Gasteiger partial charge in [0.25, 0.3) is 0 Å². The van der Waals surface area contributed by atoms with Crippen LogP contribution in [-0.2, 0) is 10.2 Å². The van der Waals surface area contributed by atoms with E-state index in [0.717, 1.165) is 34.6 Å². The highest BCUT2D eigenvalue weighted by atomic mass is 16.5. The molecule has 8 rings (SSSR count). The van der Waals surface area contributed by atoms with Gasteiger partial charge in [-0.1, -0.05) is 91.9 Å². The van der Waals surface area contributed by atoms with Crippen LogP contribution in [0.4, 0.5) is 0 Å². The molecule has 4 nitrogen and oxygen atoms in total. The lowest BCUT2D eigenvalue weighted by molar-refractivity contribution is 0.192. The second-order valence-corrected chi connectivity index (χ2v) is 10.5. The van der Waals surface area contributed by atoms with Crippen LogP contribution < -0.4 is 10.2 Å². The molecule has 38 heavy (non-hydrogen) atoms. The van der Waals surface area contributed by atoms with Gasteiger partial charge in [-0.3, -0.25) is 5.43 Å². The maximum Gasteiger partial charge on any atom is 0.240 e. The fourth-order valence-corrected chi connectivity index (χ4v) is 6.65. The standard InChI is InChI=1S/C34H26N2O2/c1-21-15-17-25-24-11-5-6-12-26(24)34(28(25)19-21)27-13-7-8-14-30(27)37-31-18-16-23(20-29(31)34)33-36-35-32(38-33)22-9-3-2-4-10-22/h2-18,20-21,32,35H,19H2,1H3/t21?,32-,34?/m1/s1. The number of nitrogens with one attached hydrogen (secondary N) is 1. The van der Waals surface area contributed by atoms with Crippen molar-refractivity contribution < 1.29 is 9.47 Å². The molecule has 0 radical (unpaired) electrons. The highest BCUT2D eigenvalue weighted by Gasteiger charge is 2.52. The van der Waals surface area contributed by atoms with E-state index in [1.54, 1.807) is 0 Å². The van der Waals surface area contributed by atoms with Gasteiger partial charge in [0, 0.05) is 22.3 Å². The molecule has 0 aromatic heterocycles. The summed E-state index contributed by atoms with van der Waals surface area (Å²) in [5, 5.41) is 4.59. The summed E-state index contributed by atoms with van der Waals surface area (Å²) in [4.78, 5) is 0. The van der Waals surface area contributed by atoms with Gasteiger partial charge in [0.15, 0.2) is 0 Å². The van der Waals surface area contributed by atoms with Gasteiger partial charge in [-0.25, -0.2) is 0 Å². The van der Waals surface area contributed by atoms with Gasteiger partial charge in [0.2, 0.25) is 12.1 Å². The lowest BCUT2D eigenvalue weighted by Gasteiger charge is -2.41. The van der Waals surface area contributed by atoms with E-state index in [0.29, 0.717) is 11.8 Å². The van der Waals surface area contributed by atoms with E-state index in [9.17, 15) is 0 Å². The number of para-hydroxylation sites is 1. The second kappa shape index (κ2) is 7.96. The van der Waals surface area contributed by atoms with E-state index in [1.165, 1.54) is 27.8 Å². The van der Waals surface area contributed by atoms with Crippen LogP contribution in [0, 0.1) is 5.92 Å². The molecular weight excluding hydrogens is 468 g/mol. The van der Waals surface area contributed by atoms with E-state index in [-0.39, 0.29) is 6.23 Å². The number of fused-ring (bicyclic) bond motifs is 8. The summed E-state index contributed by atoms with van der Waals surface area (Å²) in [5.41, 5.74) is 12.4. The van der Waals surface area contributed by atoms with E-state index < -0.39 is 5.41 Å². The zero-order valence-corrected chi connectivity index (χ0v) is 21.0. The zero-order valence-electron chi connectivity index (χ0n) is 21.0. The summed E-state index contributed by atoms with van der Waals surface area (Å²) in [7, 11) is 0. The van der Waals surface area contributed by atoms with E-state index >= 15 is 0 Å². The van der Waals surface area contributed by atoms with Crippen LogP contribution in [0.2, 0.25) is 0 Å². The molecular formula is C34H26N2O2. The molecule has 0 bridgehead atoms. The Balaban J connectivity index is 1.34. The predicted octanol–water partition coefficient (Wildman–Crippen LogP) is 7.47. The van der Waals surface area contributed by atoms with Gasteiger partial charge in [0.1, 0.15) is 11.5 Å². The third kappa shape index (κ3) is 2.89. The predicted molar refractivity (Wildman–Crippen MR) is 149 cm³/mol. The van der Waals surface area contributed by atoms with E-state index in [1.807, 2.05) is 36.4 Å². The van der Waals surface area contributed by atoms with Crippen molar-refractivity contribution in [3.63, 3.8) is 0 Å². The molecule has 3 atom stereocenters. The molecule has 1 N–H and O–H groups in total. The van der Waals surface area contributed by atoms with Crippen LogP contribution in [0.25, 0.3) is 5.57 Å². The highest BCUT2D eigenvalue weighted by molar-refractivity contribution is 5.97. The molecule has 2 aliphatic carbocycles. The first-order valence-corrected chi connectivity index (χ1v) is 13.2. The van der Waals surface area contributed by atoms with Crippen molar-refractivity contribution >= 4 is 11.5 Å². The summed E-state index contributed by atoms with van der Waals surface area (Å²) >= 11 is 0. The Morgan fingerprint density at radius 2 is 1.58 bits per heavy atom. The lowest BCUT2D eigenvalue weighted by atomic mass is 9.63. The van der Waals surface area contributed by atoms with Crippen molar-refractivity contribution in [2.75, 3.05) is 0 Å². The summed E-state index contributed by atoms with van der Waals surface area (Å²) in [6.45, 7) is 2.30. The molecule has 0 fully saturated rings. The third-order valence-corrected chi connectivity index (χ3v) is 8.27. The molecule has 4 heteroatoms. The number of benzene rings is 4. The fourth-order valence-electron chi connectivity index (χ4n) is 6.65. The molecule has 184 valence electrons. The van der Waals surface area contributed by atoms with Gasteiger partial charge in [0.05, 0.1) is 5.41 Å². The van der Waals surface area contributed by atoms with Crippen molar-refractivity contribution in [1.29, 1.82) is 0 Å². The normalized spacial score (nSPS) is 24.0. The molecule has 2 aliphatic heterocycles. The topological polar surface area (TPSA) is 42.8 Å².